The van der Waals surface area contributed by atoms with E-state index in [0.29, 0.717) is 43.9 Å². The molecule has 1 unspecified atom stereocenters. The maximum atomic E-state index is 13.1. The van der Waals surface area contributed by atoms with Gasteiger partial charge < -0.3 is 23.8 Å². The number of benzene rings is 4. The lowest BCUT2D eigenvalue weighted by atomic mass is 10.0. The summed E-state index contributed by atoms with van der Waals surface area (Å²) in [6.45, 7) is 13.3. The van der Waals surface area contributed by atoms with E-state index in [2.05, 4.69) is 60.1 Å². The summed E-state index contributed by atoms with van der Waals surface area (Å²) in [6, 6.07) is 32.5. The minimum atomic E-state index is 0.0324. The van der Waals surface area contributed by atoms with E-state index in [1.807, 2.05) is 79.4 Å². The summed E-state index contributed by atoms with van der Waals surface area (Å²) < 4.78 is 23.3. The highest BCUT2D eigenvalue weighted by Gasteiger charge is 2.20. The predicted octanol–water partition coefficient (Wildman–Crippen LogP) is 8.93. The molecule has 8 heteroatoms. The molecule has 0 bridgehead atoms. The van der Waals surface area contributed by atoms with Crippen LogP contribution in [0.3, 0.4) is 0 Å². The molecule has 0 N–H and O–H groups in total. The van der Waals surface area contributed by atoms with Gasteiger partial charge in [-0.15, -0.1) is 0 Å². The molecular formula is C45H49N3O5. The first-order valence-corrected chi connectivity index (χ1v) is 18.2. The number of piperazine rings is 1. The third-order valence-corrected chi connectivity index (χ3v) is 9.54. The highest BCUT2D eigenvalue weighted by Crippen LogP contribution is 2.30. The van der Waals surface area contributed by atoms with Crippen LogP contribution in [-0.4, -0.2) is 60.6 Å². The molecule has 8 nitrogen and oxygen atoms in total. The van der Waals surface area contributed by atoms with E-state index >= 15 is 0 Å². The molecule has 1 aliphatic heterocycles. The Kier molecular flexibility index (Phi) is 12.4. The van der Waals surface area contributed by atoms with Gasteiger partial charge in [-0.05, 0) is 103 Å². The summed E-state index contributed by atoms with van der Waals surface area (Å²) in [5.41, 5.74) is 7.69. The maximum Gasteiger partial charge on any atom is 0.246 e. The number of rotatable bonds is 14. The number of carbonyl (C=O) groups is 1. The lowest BCUT2D eigenvalue weighted by Crippen LogP contribution is -2.47. The molecule has 2 heterocycles. The van der Waals surface area contributed by atoms with Gasteiger partial charge in [-0.2, -0.15) is 0 Å². The number of nitrogens with zero attached hydrogens (tertiary/aromatic N) is 3. The van der Waals surface area contributed by atoms with Crippen molar-refractivity contribution in [3.63, 3.8) is 0 Å². The van der Waals surface area contributed by atoms with Crippen LogP contribution in [0.2, 0.25) is 0 Å². The van der Waals surface area contributed by atoms with Gasteiger partial charge in [0.2, 0.25) is 11.8 Å². The molecule has 0 radical (unpaired) electrons. The number of aromatic nitrogens is 1. The minimum absolute atomic E-state index is 0.0324. The number of methoxy groups -OCH3 is 1. The van der Waals surface area contributed by atoms with E-state index < -0.39 is 0 Å². The lowest BCUT2D eigenvalue weighted by molar-refractivity contribution is -0.127. The van der Waals surface area contributed by atoms with Gasteiger partial charge in [0.05, 0.1) is 19.9 Å². The number of hydrogen-bond acceptors (Lipinski definition) is 7. The largest absolute Gasteiger partial charge is 0.497 e. The summed E-state index contributed by atoms with van der Waals surface area (Å²) in [4.78, 5) is 21.9. The van der Waals surface area contributed by atoms with E-state index in [1.165, 1.54) is 16.7 Å². The quantitative estimate of drug-likeness (QED) is 0.107. The zero-order valence-electron chi connectivity index (χ0n) is 31.4. The fraction of sp³-hybridized carbons (Fsp3) is 0.289. The minimum Gasteiger partial charge on any atom is -0.497 e. The molecule has 0 spiro atoms. The Bertz CT molecular complexity index is 1940. The summed E-state index contributed by atoms with van der Waals surface area (Å²) >= 11 is 0. The molecule has 53 heavy (non-hydrogen) atoms. The van der Waals surface area contributed by atoms with Gasteiger partial charge in [0, 0.05) is 50.8 Å². The van der Waals surface area contributed by atoms with E-state index in [9.17, 15) is 4.79 Å². The second-order valence-corrected chi connectivity index (χ2v) is 13.8. The molecule has 1 amide bonds. The number of carbonyl (C=O) groups excluding carboxylic acids is 1. The zero-order valence-corrected chi connectivity index (χ0v) is 31.4. The van der Waals surface area contributed by atoms with Crippen molar-refractivity contribution in [2.24, 2.45) is 0 Å². The van der Waals surface area contributed by atoms with Gasteiger partial charge in [-0.25, -0.2) is 4.98 Å². The Morgan fingerprint density at radius 1 is 0.774 bits per heavy atom. The van der Waals surface area contributed by atoms with Crippen LogP contribution in [0.25, 0.3) is 6.08 Å². The van der Waals surface area contributed by atoms with Crippen molar-refractivity contribution < 1.29 is 23.7 Å². The van der Waals surface area contributed by atoms with Crippen LogP contribution in [-0.2, 0) is 17.9 Å². The third-order valence-electron chi connectivity index (χ3n) is 9.54. The van der Waals surface area contributed by atoms with Gasteiger partial charge in [-0.1, -0.05) is 61.0 Å². The first-order valence-electron chi connectivity index (χ1n) is 18.2. The van der Waals surface area contributed by atoms with Gasteiger partial charge in [-0.3, -0.25) is 9.69 Å². The number of hydrogen-bond donors (Lipinski definition) is 0. The van der Waals surface area contributed by atoms with E-state index in [0.717, 1.165) is 59.1 Å². The van der Waals surface area contributed by atoms with Crippen LogP contribution < -0.4 is 18.9 Å². The fourth-order valence-electron chi connectivity index (χ4n) is 6.31. The van der Waals surface area contributed by atoms with Crippen LogP contribution in [0.4, 0.5) is 0 Å². The number of aryl methyl sites for hydroxylation is 3. The van der Waals surface area contributed by atoms with Gasteiger partial charge in [0.1, 0.15) is 29.6 Å². The molecule has 4 aromatic carbocycles. The van der Waals surface area contributed by atoms with Crippen molar-refractivity contribution >= 4 is 12.0 Å². The third kappa shape index (κ3) is 10.5. The smallest absolute Gasteiger partial charge is 0.246 e. The average Bonchev–Trinajstić information content (AvgIpc) is 3.18. The Morgan fingerprint density at radius 2 is 1.42 bits per heavy atom. The van der Waals surface area contributed by atoms with Gasteiger partial charge in [0.25, 0.3) is 0 Å². The highest BCUT2D eigenvalue weighted by molar-refractivity contribution is 5.92. The van der Waals surface area contributed by atoms with Crippen LogP contribution in [0.1, 0.15) is 51.8 Å². The Morgan fingerprint density at radius 3 is 2.06 bits per heavy atom. The molecule has 6 rings (SSSR count). The molecule has 0 aliphatic carbocycles. The standard InChI is InChI=1S/C45H49N3O5/c1-32-6-15-41(16-7-32)51-30-35(4)39-13-8-36(9-14-39)29-47-22-24-48(25-23-47)44(49)21-12-38-26-33(2)45(34(3)27-38)53-43-20-19-42(28-46-43)52-31-37-10-17-40(50-5)18-11-37/h6-21,26-28,35H,22-25,29-31H2,1-5H3/b21-12+. The first kappa shape index (κ1) is 37.2. The fourth-order valence-corrected chi connectivity index (χ4v) is 6.31. The Balaban J connectivity index is 0.938. The van der Waals surface area contributed by atoms with Crippen LogP contribution >= 0.6 is 0 Å². The van der Waals surface area contributed by atoms with Crippen molar-refractivity contribution in [2.75, 3.05) is 39.9 Å². The van der Waals surface area contributed by atoms with Crippen molar-refractivity contribution in [1.82, 2.24) is 14.8 Å². The molecule has 1 fully saturated rings. The second kappa shape index (κ2) is 17.8. The van der Waals surface area contributed by atoms with Crippen molar-refractivity contribution in [2.45, 2.75) is 46.8 Å². The second-order valence-electron chi connectivity index (χ2n) is 13.8. The van der Waals surface area contributed by atoms with Crippen LogP contribution in [0, 0.1) is 20.8 Å². The van der Waals surface area contributed by atoms with E-state index in [1.54, 1.807) is 25.4 Å². The Labute approximate surface area is 313 Å². The summed E-state index contributed by atoms with van der Waals surface area (Å²) in [6.07, 6.45) is 5.23. The number of amides is 1. The number of ether oxygens (including phenoxy) is 4. The van der Waals surface area contributed by atoms with Crippen molar-refractivity contribution in [3.05, 3.63) is 148 Å². The van der Waals surface area contributed by atoms with Crippen LogP contribution in [0.15, 0.2) is 109 Å². The van der Waals surface area contributed by atoms with Gasteiger partial charge >= 0.3 is 0 Å². The highest BCUT2D eigenvalue weighted by atomic mass is 16.5. The summed E-state index contributed by atoms with van der Waals surface area (Å²) in [5.74, 6) is 3.94. The topological polar surface area (TPSA) is 73.4 Å². The summed E-state index contributed by atoms with van der Waals surface area (Å²) in [5, 5.41) is 0. The normalized spacial score (nSPS) is 13.9. The number of pyridine rings is 1. The Hall–Kier alpha value is -5.60. The zero-order chi connectivity index (χ0) is 37.2. The SMILES string of the molecule is COc1ccc(COc2ccc(Oc3c(C)cc(/C=C/C(=O)N4CCN(Cc5ccc(C(C)COc6ccc(C)cc6)cc5)CC4)cc3C)nc2)cc1. The average molecular weight is 712 g/mol. The van der Waals surface area contributed by atoms with E-state index in [4.69, 9.17) is 18.9 Å². The molecule has 1 aliphatic rings. The monoisotopic (exact) mass is 711 g/mol. The molecule has 274 valence electrons. The van der Waals surface area contributed by atoms with Crippen molar-refractivity contribution in [1.29, 1.82) is 0 Å². The van der Waals surface area contributed by atoms with E-state index in [-0.39, 0.29) is 5.91 Å². The van der Waals surface area contributed by atoms with Gasteiger partial charge in [0.15, 0.2) is 0 Å². The molecule has 5 aromatic rings. The first-order chi connectivity index (χ1) is 25.7. The molecule has 0 saturated carbocycles. The summed E-state index contributed by atoms with van der Waals surface area (Å²) in [7, 11) is 1.65. The lowest BCUT2D eigenvalue weighted by Gasteiger charge is -2.34. The molecular weight excluding hydrogens is 663 g/mol. The molecule has 1 saturated heterocycles. The molecule has 1 aromatic heterocycles. The maximum absolute atomic E-state index is 13.1. The van der Waals surface area contributed by atoms with Crippen LogP contribution in [0.5, 0.6) is 28.9 Å². The van der Waals surface area contributed by atoms with Crippen molar-refractivity contribution in [3.8, 4) is 28.9 Å². The predicted molar refractivity (Wildman–Crippen MR) is 210 cm³/mol. The molecule has 1 atom stereocenters.